The molecule has 1 amide bonds. The summed E-state index contributed by atoms with van der Waals surface area (Å²) in [6.07, 6.45) is 6.13. The predicted molar refractivity (Wildman–Crippen MR) is 96.7 cm³/mol. The van der Waals surface area contributed by atoms with E-state index in [2.05, 4.69) is 4.98 Å². The Morgan fingerprint density at radius 2 is 2.04 bits per heavy atom. The van der Waals surface area contributed by atoms with Gasteiger partial charge in [0.25, 0.3) is 0 Å². The highest BCUT2D eigenvalue weighted by Gasteiger charge is 2.27. The van der Waals surface area contributed by atoms with Crippen LogP contribution in [0.4, 0.5) is 5.69 Å². The molecule has 0 bridgehead atoms. The number of rotatable bonds is 5. The number of carbonyl (C=O) groups is 2. The molecular weight excluding hydrogens is 320 g/mol. The molecule has 0 atom stereocenters. The second kappa shape index (κ2) is 7.26. The van der Waals surface area contributed by atoms with E-state index in [4.69, 9.17) is 0 Å². The van der Waals surface area contributed by atoms with E-state index < -0.39 is 0 Å². The van der Waals surface area contributed by atoms with Crippen molar-refractivity contribution >= 4 is 28.7 Å². The Kier molecular flexibility index (Phi) is 5.09. The molecule has 1 fully saturated rings. The lowest BCUT2D eigenvalue weighted by Gasteiger charge is -2.22. The second-order valence-corrected chi connectivity index (χ2v) is 7.40. The molecule has 24 heavy (non-hydrogen) atoms. The molecule has 1 heterocycles. The number of anilines is 1. The van der Waals surface area contributed by atoms with E-state index in [1.54, 1.807) is 18.1 Å². The number of amides is 1. The van der Waals surface area contributed by atoms with Gasteiger partial charge in [-0.1, -0.05) is 24.5 Å². The number of thiazole rings is 1. The van der Waals surface area contributed by atoms with Gasteiger partial charge in [-0.2, -0.15) is 0 Å². The summed E-state index contributed by atoms with van der Waals surface area (Å²) in [6, 6.07) is 5.76. The largest absolute Gasteiger partial charge is 0.314 e. The van der Waals surface area contributed by atoms with E-state index in [9.17, 15) is 9.59 Å². The number of hydrogen-bond acceptors (Lipinski definition) is 4. The first-order valence-corrected chi connectivity index (χ1v) is 9.24. The van der Waals surface area contributed by atoms with Gasteiger partial charge in [-0.15, -0.1) is 11.3 Å². The fraction of sp³-hybridized carbons (Fsp3) is 0.421. The summed E-state index contributed by atoms with van der Waals surface area (Å²) >= 11 is 1.47. The minimum atomic E-state index is -0.0470. The van der Waals surface area contributed by atoms with Gasteiger partial charge >= 0.3 is 0 Å². The van der Waals surface area contributed by atoms with Crippen LogP contribution >= 0.6 is 11.3 Å². The summed E-state index contributed by atoms with van der Waals surface area (Å²) < 4.78 is 0. The van der Waals surface area contributed by atoms with Gasteiger partial charge in [0.15, 0.2) is 5.78 Å². The molecule has 1 aromatic heterocycles. The maximum atomic E-state index is 12.9. The van der Waals surface area contributed by atoms with E-state index in [0.717, 1.165) is 36.3 Å². The quantitative estimate of drug-likeness (QED) is 0.771. The highest BCUT2D eigenvalue weighted by atomic mass is 32.1. The number of aromatic nitrogens is 1. The molecule has 0 N–H and O–H groups in total. The van der Waals surface area contributed by atoms with Crippen LogP contribution in [0.2, 0.25) is 0 Å². The molecule has 0 aliphatic heterocycles. The molecule has 4 nitrogen and oxygen atoms in total. The highest BCUT2D eigenvalue weighted by molar-refractivity contribution is 7.09. The molecule has 1 aliphatic rings. The summed E-state index contributed by atoms with van der Waals surface area (Å²) in [7, 11) is 1.74. The summed E-state index contributed by atoms with van der Waals surface area (Å²) in [6.45, 7) is 1.98. The van der Waals surface area contributed by atoms with Crippen molar-refractivity contribution in [1.29, 1.82) is 0 Å². The van der Waals surface area contributed by atoms with Crippen LogP contribution in [0.3, 0.4) is 0 Å². The molecule has 5 heteroatoms. The third-order valence-corrected chi connectivity index (χ3v) is 5.44. The zero-order chi connectivity index (χ0) is 17.1. The van der Waals surface area contributed by atoms with Gasteiger partial charge in [-0.3, -0.25) is 9.59 Å². The van der Waals surface area contributed by atoms with Crippen molar-refractivity contribution in [2.45, 2.75) is 39.0 Å². The molecule has 0 spiro atoms. The van der Waals surface area contributed by atoms with E-state index in [0.29, 0.717) is 11.3 Å². The Morgan fingerprint density at radius 1 is 1.29 bits per heavy atom. The highest BCUT2D eigenvalue weighted by Crippen LogP contribution is 2.32. The third kappa shape index (κ3) is 3.56. The lowest BCUT2D eigenvalue weighted by Crippen LogP contribution is -2.30. The standard InChI is InChI=1S/C19H22N2O2S/c1-13-7-8-16(15(11-13)19(23)14-5-3-4-6-14)21(2)18(22)12-17-20-9-10-24-17/h7-11,14H,3-6,12H2,1-2H3. The first-order chi connectivity index (χ1) is 11.6. The molecule has 0 radical (unpaired) electrons. The topological polar surface area (TPSA) is 50.3 Å². The predicted octanol–water partition coefficient (Wildman–Crippen LogP) is 4.03. The van der Waals surface area contributed by atoms with E-state index >= 15 is 0 Å². The second-order valence-electron chi connectivity index (χ2n) is 6.42. The summed E-state index contributed by atoms with van der Waals surface area (Å²) in [5.74, 6) is 0.238. The summed E-state index contributed by atoms with van der Waals surface area (Å²) in [5.41, 5.74) is 2.43. The molecule has 0 saturated heterocycles. The van der Waals surface area contributed by atoms with Gasteiger partial charge in [0.05, 0.1) is 12.1 Å². The molecule has 1 aliphatic carbocycles. The average Bonchev–Trinajstić information content (AvgIpc) is 3.27. The molecule has 2 aromatic rings. The van der Waals surface area contributed by atoms with Crippen molar-refractivity contribution in [3.63, 3.8) is 0 Å². The number of likely N-dealkylation sites (N-methyl/N-ethyl adjacent to an activating group) is 1. The van der Waals surface area contributed by atoms with Crippen LogP contribution in [0.15, 0.2) is 29.8 Å². The van der Waals surface area contributed by atoms with Crippen molar-refractivity contribution in [2.75, 3.05) is 11.9 Å². The molecular formula is C19H22N2O2S. The van der Waals surface area contributed by atoms with Crippen molar-refractivity contribution in [3.8, 4) is 0 Å². The number of hydrogen-bond donors (Lipinski definition) is 0. The van der Waals surface area contributed by atoms with Gasteiger partial charge in [0.1, 0.15) is 5.01 Å². The SMILES string of the molecule is Cc1ccc(N(C)C(=O)Cc2nccs2)c(C(=O)C2CCCC2)c1. The number of nitrogens with zero attached hydrogens (tertiary/aromatic N) is 2. The summed E-state index contributed by atoms with van der Waals surface area (Å²) in [4.78, 5) is 31.3. The molecule has 1 saturated carbocycles. The number of ketones is 1. The zero-order valence-corrected chi connectivity index (χ0v) is 14.9. The van der Waals surface area contributed by atoms with Gasteiger partial charge in [-0.05, 0) is 31.9 Å². The Bertz CT molecular complexity index is 734. The van der Waals surface area contributed by atoms with Crippen molar-refractivity contribution in [2.24, 2.45) is 5.92 Å². The van der Waals surface area contributed by atoms with Crippen molar-refractivity contribution in [3.05, 3.63) is 45.9 Å². The Labute approximate surface area is 146 Å². The fourth-order valence-electron chi connectivity index (χ4n) is 3.27. The van der Waals surface area contributed by atoms with Crippen LogP contribution in [0.25, 0.3) is 0 Å². The fourth-order valence-corrected chi connectivity index (χ4v) is 3.88. The smallest absolute Gasteiger partial charge is 0.233 e. The van der Waals surface area contributed by atoms with Crippen LogP contribution < -0.4 is 4.90 Å². The van der Waals surface area contributed by atoms with Gasteiger partial charge < -0.3 is 4.90 Å². The Morgan fingerprint density at radius 3 is 2.71 bits per heavy atom. The van der Waals surface area contributed by atoms with Gasteiger partial charge in [0.2, 0.25) is 5.91 Å². The third-order valence-electron chi connectivity index (χ3n) is 4.66. The molecule has 0 unspecified atom stereocenters. The van der Waals surface area contributed by atoms with Crippen LogP contribution in [0, 0.1) is 12.8 Å². The number of aryl methyl sites for hydroxylation is 1. The normalized spacial score (nSPS) is 14.8. The average molecular weight is 342 g/mol. The Hall–Kier alpha value is -2.01. The van der Waals surface area contributed by atoms with Crippen molar-refractivity contribution < 1.29 is 9.59 Å². The van der Waals surface area contributed by atoms with E-state index in [-0.39, 0.29) is 24.0 Å². The molecule has 1 aromatic carbocycles. The number of benzene rings is 1. The van der Waals surface area contributed by atoms with Gasteiger partial charge in [0, 0.05) is 30.1 Å². The molecule has 126 valence electrons. The lowest BCUT2D eigenvalue weighted by atomic mass is 9.93. The Balaban J connectivity index is 1.86. The first kappa shape index (κ1) is 16.8. The number of carbonyl (C=O) groups excluding carboxylic acids is 2. The monoisotopic (exact) mass is 342 g/mol. The van der Waals surface area contributed by atoms with Crippen LogP contribution in [0.1, 0.15) is 46.6 Å². The maximum Gasteiger partial charge on any atom is 0.233 e. The first-order valence-electron chi connectivity index (χ1n) is 8.36. The lowest BCUT2D eigenvalue weighted by molar-refractivity contribution is -0.117. The van der Waals surface area contributed by atoms with Crippen LogP contribution in [0.5, 0.6) is 0 Å². The minimum absolute atomic E-state index is 0.0470. The molecule has 3 rings (SSSR count). The maximum absolute atomic E-state index is 12.9. The number of Topliss-reactive ketones (excluding diaryl/α,β-unsaturated/α-hetero) is 1. The minimum Gasteiger partial charge on any atom is -0.314 e. The summed E-state index contributed by atoms with van der Waals surface area (Å²) in [5, 5.41) is 2.66. The zero-order valence-electron chi connectivity index (χ0n) is 14.1. The van der Waals surface area contributed by atoms with Crippen LogP contribution in [-0.2, 0) is 11.2 Å². The van der Waals surface area contributed by atoms with E-state index in [1.165, 1.54) is 11.3 Å². The van der Waals surface area contributed by atoms with Gasteiger partial charge in [-0.25, -0.2) is 4.98 Å². The van der Waals surface area contributed by atoms with E-state index in [1.807, 2.05) is 30.5 Å². The van der Waals surface area contributed by atoms with Crippen LogP contribution in [-0.4, -0.2) is 23.7 Å². The van der Waals surface area contributed by atoms with Crippen molar-refractivity contribution in [1.82, 2.24) is 4.98 Å².